The van der Waals surface area contributed by atoms with Crippen LogP contribution in [-0.2, 0) is 50.9 Å². The minimum absolute atomic E-state index is 0.147. The molecule has 8 atom stereocenters. The monoisotopic (exact) mass is 626 g/mol. The van der Waals surface area contributed by atoms with E-state index in [-0.39, 0.29) is 24.8 Å². The number of nitrogens with zero attached hydrogens (tertiary/aromatic N) is 4. The Morgan fingerprint density at radius 1 is 0.791 bits per heavy atom. The number of hydrogen-bond donors (Lipinski definition) is 3. The van der Waals surface area contributed by atoms with Gasteiger partial charge in [0.05, 0.1) is 12.7 Å². The van der Waals surface area contributed by atoms with Crippen molar-refractivity contribution in [1.82, 2.24) is 19.9 Å². The van der Waals surface area contributed by atoms with E-state index in [1.54, 1.807) is 12.1 Å². The minimum atomic E-state index is -1.05. The third-order valence-corrected chi connectivity index (χ3v) is 6.68. The van der Waals surface area contributed by atoms with Gasteiger partial charge in [0.2, 0.25) is 0 Å². The third-order valence-electron chi connectivity index (χ3n) is 6.47. The molecule has 2 saturated heterocycles. The van der Waals surface area contributed by atoms with E-state index in [4.69, 9.17) is 40.4 Å². The molecule has 0 saturated carbocycles. The summed E-state index contributed by atoms with van der Waals surface area (Å²) in [5, 5.41) is 28.6. The van der Waals surface area contributed by atoms with Crippen LogP contribution in [0.1, 0.15) is 37.9 Å². The Labute approximate surface area is 252 Å². The normalized spacial score (nSPS) is 28.0. The Kier molecular flexibility index (Phi) is 12.7. The van der Waals surface area contributed by atoms with Crippen LogP contribution in [-0.4, -0.2) is 115 Å². The largest absolute Gasteiger partial charge is 0.463 e. The number of esters is 3. The summed E-state index contributed by atoms with van der Waals surface area (Å²) in [4.78, 5) is 50.0. The zero-order valence-corrected chi connectivity index (χ0v) is 24.8. The lowest BCUT2D eigenvalue weighted by molar-refractivity contribution is -0.165. The first-order valence-corrected chi connectivity index (χ1v) is 13.7. The highest BCUT2D eigenvalue weighted by molar-refractivity contribution is 6.29. The summed E-state index contributed by atoms with van der Waals surface area (Å²) in [5.41, 5.74) is 2.14. The van der Waals surface area contributed by atoms with Crippen molar-refractivity contribution in [3.8, 4) is 0 Å². The first-order valence-electron chi connectivity index (χ1n) is 13.4. The van der Waals surface area contributed by atoms with E-state index in [0.717, 1.165) is 11.4 Å². The number of halogens is 1. The van der Waals surface area contributed by atoms with E-state index in [1.807, 2.05) is 6.92 Å². The topological polar surface area (TPSA) is 210 Å². The fraction of sp³-hybridized carbons (Fsp3) is 0.593. The van der Waals surface area contributed by atoms with Gasteiger partial charge in [-0.1, -0.05) is 11.6 Å². The zero-order valence-electron chi connectivity index (χ0n) is 24.0. The van der Waals surface area contributed by atoms with Gasteiger partial charge >= 0.3 is 17.9 Å². The second-order valence-corrected chi connectivity index (χ2v) is 10.3. The summed E-state index contributed by atoms with van der Waals surface area (Å²) in [6.45, 7) is 5.11. The predicted molar refractivity (Wildman–Crippen MR) is 145 cm³/mol. The van der Waals surface area contributed by atoms with Gasteiger partial charge < -0.3 is 39.0 Å². The van der Waals surface area contributed by atoms with Crippen molar-refractivity contribution in [2.24, 2.45) is 0 Å². The van der Waals surface area contributed by atoms with Crippen LogP contribution < -0.4 is 0 Å². The number of aliphatic hydroxyl groups is 3. The zero-order chi connectivity index (χ0) is 31.7. The van der Waals surface area contributed by atoms with E-state index in [2.05, 4.69) is 19.9 Å². The van der Waals surface area contributed by atoms with Crippen LogP contribution in [0.2, 0.25) is 5.15 Å². The number of hydrogen-bond acceptors (Lipinski definition) is 15. The number of carbonyl (C=O) groups excluding carboxylic acids is 3. The summed E-state index contributed by atoms with van der Waals surface area (Å²) >= 11 is 5.86. The van der Waals surface area contributed by atoms with E-state index >= 15 is 0 Å². The average molecular weight is 627 g/mol. The molecular weight excluding hydrogens is 592 g/mol. The molecule has 3 N–H and O–H groups in total. The number of carbonyl (C=O) groups is 3. The third kappa shape index (κ3) is 10.1. The van der Waals surface area contributed by atoms with Crippen LogP contribution in [0.4, 0.5) is 0 Å². The summed E-state index contributed by atoms with van der Waals surface area (Å²) in [6, 6.07) is 3.35. The van der Waals surface area contributed by atoms with Crippen molar-refractivity contribution in [3.05, 3.63) is 47.0 Å². The Balaban J connectivity index is 0.000000257. The Morgan fingerprint density at radius 3 is 1.86 bits per heavy atom. The molecule has 2 aliphatic rings. The summed E-state index contributed by atoms with van der Waals surface area (Å²) in [6.07, 6.45) is -3.20. The molecule has 8 unspecified atom stereocenters. The lowest BCUT2D eigenvalue weighted by Gasteiger charge is -2.23. The van der Waals surface area contributed by atoms with Crippen LogP contribution >= 0.6 is 11.6 Å². The first-order chi connectivity index (χ1) is 20.4. The highest BCUT2D eigenvalue weighted by atomic mass is 35.5. The molecule has 0 aliphatic carbocycles. The molecule has 0 bridgehead atoms. The fourth-order valence-corrected chi connectivity index (χ4v) is 4.80. The van der Waals surface area contributed by atoms with Gasteiger partial charge in [-0.3, -0.25) is 14.4 Å². The molecule has 0 spiro atoms. The molecule has 0 radical (unpaired) electrons. The van der Waals surface area contributed by atoms with Crippen LogP contribution in [0, 0.1) is 6.92 Å². The van der Waals surface area contributed by atoms with Crippen molar-refractivity contribution in [2.45, 2.75) is 89.4 Å². The second-order valence-electron chi connectivity index (χ2n) is 9.93. The van der Waals surface area contributed by atoms with Gasteiger partial charge in [-0.2, -0.15) is 0 Å². The average Bonchev–Trinajstić information content (AvgIpc) is 3.38. The maximum Gasteiger partial charge on any atom is 0.303 e. The van der Waals surface area contributed by atoms with Crippen molar-refractivity contribution in [3.63, 3.8) is 0 Å². The molecule has 4 heterocycles. The van der Waals surface area contributed by atoms with Crippen molar-refractivity contribution >= 4 is 29.5 Å². The number of aliphatic hydroxyl groups excluding tert-OH is 3. The van der Waals surface area contributed by atoms with Gasteiger partial charge in [0.1, 0.15) is 54.9 Å². The van der Waals surface area contributed by atoms with Crippen LogP contribution in [0.3, 0.4) is 0 Å². The lowest BCUT2D eigenvalue weighted by Crippen LogP contribution is -2.41. The van der Waals surface area contributed by atoms with Crippen LogP contribution in [0.5, 0.6) is 0 Å². The van der Waals surface area contributed by atoms with Crippen LogP contribution in [0.15, 0.2) is 24.8 Å². The second kappa shape index (κ2) is 15.9. The summed E-state index contributed by atoms with van der Waals surface area (Å²) in [5.74, 6) is -1.64. The van der Waals surface area contributed by atoms with Crippen molar-refractivity contribution in [1.29, 1.82) is 0 Å². The number of aromatic nitrogens is 4. The molecule has 15 nitrogen and oxygen atoms in total. The van der Waals surface area contributed by atoms with Crippen LogP contribution in [0.25, 0.3) is 0 Å². The van der Waals surface area contributed by atoms with Gasteiger partial charge in [0, 0.05) is 50.7 Å². The molecule has 43 heavy (non-hydrogen) atoms. The lowest BCUT2D eigenvalue weighted by atomic mass is 10.0. The molecule has 0 aromatic carbocycles. The molecule has 2 fully saturated rings. The maximum atomic E-state index is 11.5. The molecule has 0 amide bonds. The standard InChI is InChI=1S/C16H19ClN2O7.C11H16N2O4/c1-8(20)23-6-13-16(25-10(3)22)15(24-9(2)21)12(26-13)4-11-5-14(17)19-7-18-11;1-6-2-7(13-5-12-6)3-8-10(15)11(16)9(4-14)17-8/h5,7,12-13,15-16H,4,6H2,1-3H3;2,5,8-11,14-16H,3-4H2,1H3. The first kappa shape index (κ1) is 34.2. The van der Waals surface area contributed by atoms with Gasteiger partial charge in [0.25, 0.3) is 0 Å². The predicted octanol–water partition coefficient (Wildman–Crippen LogP) is -0.325. The number of aryl methyl sites for hydroxylation is 1. The number of ether oxygens (including phenoxy) is 5. The van der Waals surface area contributed by atoms with E-state index in [9.17, 15) is 24.6 Å². The summed E-state index contributed by atoms with van der Waals surface area (Å²) in [7, 11) is 0. The highest BCUT2D eigenvalue weighted by Gasteiger charge is 2.49. The molecule has 16 heteroatoms. The van der Waals surface area contributed by atoms with E-state index < -0.39 is 66.7 Å². The Bertz CT molecular complexity index is 1250. The van der Waals surface area contributed by atoms with Gasteiger partial charge in [-0.25, -0.2) is 19.9 Å². The van der Waals surface area contributed by atoms with Crippen molar-refractivity contribution in [2.75, 3.05) is 13.2 Å². The molecule has 236 valence electrons. The molecule has 4 rings (SSSR count). The minimum Gasteiger partial charge on any atom is -0.463 e. The molecule has 2 aliphatic heterocycles. The summed E-state index contributed by atoms with van der Waals surface area (Å²) < 4.78 is 26.8. The molecule has 2 aromatic heterocycles. The van der Waals surface area contributed by atoms with Gasteiger partial charge in [0.15, 0.2) is 12.2 Å². The smallest absolute Gasteiger partial charge is 0.303 e. The van der Waals surface area contributed by atoms with Gasteiger partial charge in [-0.15, -0.1) is 0 Å². The van der Waals surface area contributed by atoms with E-state index in [0.29, 0.717) is 12.1 Å². The molecule has 2 aromatic rings. The highest BCUT2D eigenvalue weighted by Crippen LogP contribution is 2.30. The fourth-order valence-electron chi connectivity index (χ4n) is 4.63. The Morgan fingerprint density at radius 2 is 1.33 bits per heavy atom. The Hall–Kier alpha value is -3.34. The van der Waals surface area contributed by atoms with Gasteiger partial charge in [-0.05, 0) is 19.1 Å². The molecular formula is C27H35ClN4O11. The number of rotatable bonds is 9. The maximum absolute atomic E-state index is 11.5. The quantitative estimate of drug-likeness (QED) is 0.185. The van der Waals surface area contributed by atoms with E-state index in [1.165, 1.54) is 33.4 Å². The SMILES string of the molecule is CC(=O)OCC1OC(Cc2cc(Cl)ncn2)C(OC(C)=O)C1OC(C)=O.Cc1cc(CC2OC(CO)C(O)C2O)ncn1. The van der Waals surface area contributed by atoms with Crippen molar-refractivity contribution < 1.29 is 53.4 Å².